The van der Waals surface area contributed by atoms with Gasteiger partial charge in [0, 0.05) is 0 Å². The van der Waals surface area contributed by atoms with Gasteiger partial charge in [0.05, 0.1) is 0 Å². The molecule has 0 saturated heterocycles. The Kier molecular flexibility index (Phi) is 3.34. The van der Waals surface area contributed by atoms with E-state index < -0.39 is 0 Å². The van der Waals surface area contributed by atoms with E-state index in [1.165, 1.54) is 6.08 Å². The molecule has 0 atom stereocenters. The molecule has 1 N–H and O–H groups in total. The first-order valence-corrected chi connectivity index (χ1v) is 2.21. The smallest absolute Gasteiger partial charge is 0.190 e. The van der Waals surface area contributed by atoms with Crippen molar-refractivity contribution in [2.24, 2.45) is 0 Å². The highest BCUT2D eigenvalue weighted by Gasteiger charge is 1.80. The average molecular weight is 109 g/mol. The van der Waals surface area contributed by atoms with E-state index in [0.29, 0.717) is 6.42 Å². The minimum Gasteiger partial charge on any atom is -0.500 e. The molecule has 0 aromatic heterocycles. The van der Waals surface area contributed by atoms with E-state index in [1.807, 2.05) is 0 Å². The van der Waals surface area contributed by atoms with Gasteiger partial charge in [-0.15, -0.1) is 6.58 Å². The van der Waals surface area contributed by atoms with Crippen LogP contribution in [0.4, 0.5) is 0 Å². The lowest BCUT2D eigenvalue weighted by molar-refractivity contribution is 0.434. The summed E-state index contributed by atoms with van der Waals surface area (Å²) in [4.78, 5) is 0. The van der Waals surface area contributed by atoms with Gasteiger partial charge in [0.2, 0.25) is 0 Å². The quantitative estimate of drug-likeness (QED) is 0.253. The van der Waals surface area contributed by atoms with Crippen LogP contribution in [-0.2, 0) is 0 Å². The fourth-order valence-electron chi connectivity index (χ4n) is 0.241. The zero-order valence-corrected chi connectivity index (χ0v) is 4.46. The predicted molar refractivity (Wildman–Crippen MR) is 31.1 cm³/mol. The topological polar surface area (TPSA) is 44.0 Å². The maximum Gasteiger partial charge on any atom is 0.190 e. The molecule has 0 aliphatic carbocycles. The molecular formula is C6H7NO. The van der Waals surface area contributed by atoms with Gasteiger partial charge in [-0.2, -0.15) is 5.26 Å². The van der Waals surface area contributed by atoms with Crippen LogP contribution in [0.1, 0.15) is 6.42 Å². The normalized spacial score (nSPS) is 10.1. The van der Waals surface area contributed by atoms with Gasteiger partial charge in [0.15, 0.2) is 5.76 Å². The van der Waals surface area contributed by atoms with Gasteiger partial charge in [0.25, 0.3) is 0 Å². The van der Waals surface area contributed by atoms with E-state index in [1.54, 1.807) is 12.1 Å². The Morgan fingerprint density at radius 3 is 2.88 bits per heavy atom. The van der Waals surface area contributed by atoms with Gasteiger partial charge in [0.1, 0.15) is 6.07 Å². The minimum atomic E-state index is -0.245. The summed E-state index contributed by atoms with van der Waals surface area (Å²) in [5.41, 5.74) is 0. The Hall–Kier alpha value is -1.23. The summed E-state index contributed by atoms with van der Waals surface area (Å²) >= 11 is 0. The van der Waals surface area contributed by atoms with Crippen molar-refractivity contribution in [1.82, 2.24) is 0 Å². The maximum atomic E-state index is 8.44. The van der Waals surface area contributed by atoms with Crippen molar-refractivity contribution in [2.75, 3.05) is 0 Å². The molecule has 0 radical (unpaired) electrons. The van der Waals surface area contributed by atoms with Crippen molar-refractivity contribution in [3.63, 3.8) is 0 Å². The van der Waals surface area contributed by atoms with Crippen molar-refractivity contribution in [3.05, 3.63) is 24.5 Å². The highest BCUT2D eigenvalue weighted by Crippen LogP contribution is 1.88. The summed E-state index contributed by atoms with van der Waals surface area (Å²) < 4.78 is 0. The molecule has 0 rings (SSSR count). The molecule has 42 valence electrons. The van der Waals surface area contributed by atoms with Crippen LogP contribution in [0.3, 0.4) is 0 Å². The fraction of sp³-hybridized carbons (Fsp3) is 0.167. The summed E-state index contributed by atoms with van der Waals surface area (Å²) in [6.07, 6.45) is 3.54. The average Bonchev–Trinajstić information content (AvgIpc) is 1.83. The molecule has 0 unspecified atom stereocenters. The van der Waals surface area contributed by atoms with E-state index in [9.17, 15) is 0 Å². The van der Waals surface area contributed by atoms with E-state index in [-0.39, 0.29) is 5.76 Å². The third-order valence-corrected chi connectivity index (χ3v) is 0.592. The van der Waals surface area contributed by atoms with Crippen LogP contribution in [0.25, 0.3) is 0 Å². The second kappa shape index (κ2) is 3.94. The predicted octanol–water partition coefficient (Wildman–Crippen LogP) is 1.53. The van der Waals surface area contributed by atoms with Crippen LogP contribution in [-0.4, -0.2) is 5.11 Å². The van der Waals surface area contributed by atoms with Gasteiger partial charge >= 0.3 is 0 Å². The molecule has 0 saturated carbocycles. The molecule has 8 heavy (non-hydrogen) atoms. The van der Waals surface area contributed by atoms with Gasteiger partial charge < -0.3 is 5.11 Å². The monoisotopic (exact) mass is 109 g/mol. The number of nitriles is 1. The molecule has 0 amide bonds. The van der Waals surface area contributed by atoms with Crippen LogP contribution in [0.5, 0.6) is 0 Å². The number of aliphatic hydroxyl groups is 1. The van der Waals surface area contributed by atoms with Crippen molar-refractivity contribution in [1.29, 1.82) is 5.26 Å². The summed E-state index contributed by atoms with van der Waals surface area (Å²) in [5.74, 6) is -0.245. The van der Waals surface area contributed by atoms with Gasteiger partial charge in [-0.1, -0.05) is 6.08 Å². The van der Waals surface area contributed by atoms with E-state index in [4.69, 9.17) is 10.4 Å². The molecule has 0 aromatic carbocycles. The third kappa shape index (κ3) is 2.98. The number of hydrogen-bond donors (Lipinski definition) is 1. The second-order valence-corrected chi connectivity index (χ2v) is 1.23. The first-order chi connectivity index (χ1) is 3.81. The van der Waals surface area contributed by atoms with Crippen LogP contribution in [0.15, 0.2) is 24.5 Å². The van der Waals surface area contributed by atoms with E-state index in [0.717, 1.165) is 0 Å². The number of rotatable bonds is 2. The zero-order valence-electron chi connectivity index (χ0n) is 4.46. The number of aliphatic hydroxyl groups excluding tert-OH is 1. The second-order valence-electron chi connectivity index (χ2n) is 1.23. The van der Waals surface area contributed by atoms with Crippen LogP contribution in [0, 0.1) is 11.3 Å². The Morgan fingerprint density at radius 2 is 2.50 bits per heavy atom. The molecule has 0 aromatic rings. The lowest BCUT2D eigenvalue weighted by Crippen LogP contribution is -1.70. The van der Waals surface area contributed by atoms with Crippen molar-refractivity contribution in [2.45, 2.75) is 6.42 Å². The summed E-state index contributed by atoms with van der Waals surface area (Å²) in [6, 6.07) is 1.57. The van der Waals surface area contributed by atoms with Crippen LogP contribution < -0.4 is 0 Å². The van der Waals surface area contributed by atoms with E-state index in [2.05, 4.69) is 6.58 Å². The molecule has 0 bridgehead atoms. The molecule has 0 fully saturated rings. The first kappa shape index (κ1) is 6.77. The highest BCUT2D eigenvalue weighted by molar-refractivity contribution is 5.11. The summed E-state index contributed by atoms with van der Waals surface area (Å²) in [5, 5.41) is 16.4. The molecular weight excluding hydrogens is 102 g/mol. The molecule has 2 heteroatoms. The molecule has 0 aliphatic heterocycles. The Bertz CT molecular complexity index is 141. The standard InChI is InChI=1S/C6H7NO/c1-2-3-4-6(8)5-7/h2,4,8H,1,3H2/b6-4+. The molecule has 0 spiro atoms. The van der Waals surface area contributed by atoms with Gasteiger partial charge in [-0.05, 0) is 12.5 Å². The minimum absolute atomic E-state index is 0.245. The first-order valence-electron chi connectivity index (χ1n) is 2.21. The Morgan fingerprint density at radius 1 is 1.88 bits per heavy atom. The fourth-order valence-corrected chi connectivity index (χ4v) is 0.241. The van der Waals surface area contributed by atoms with Crippen molar-refractivity contribution in [3.8, 4) is 6.07 Å². The zero-order chi connectivity index (χ0) is 6.41. The molecule has 0 heterocycles. The van der Waals surface area contributed by atoms with Crippen molar-refractivity contribution < 1.29 is 5.11 Å². The van der Waals surface area contributed by atoms with Gasteiger partial charge in [-0.25, -0.2) is 0 Å². The lowest BCUT2D eigenvalue weighted by atomic mass is 10.3. The Balaban J connectivity index is 3.61. The Labute approximate surface area is 48.4 Å². The van der Waals surface area contributed by atoms with Crippen molar-refractivity contribution >= 4 is 0 Å². The largest absolute Gasteiger partial charge is 0.500 e. The van der Waals surface area contributed by atoms with Crippen LogP contribution in [0.2, 0.25) is 0 Å². The SMILES string of the molecule is C=CC/C=C(/O)C#N. The molecule has 0 aliphatic rings. The van der Waals surface area contributed by atoms with Crippen LogP contribution >= 0.6 is 0 Å². The lowest BCUT2D eigenvalue weighted by Gasteiger charge is -1.78. The third-order valence-electron chi connectivity index (χ3n) is 0.592. The van der Waals surface area contributed by atoms with E-state index >= 15 is 0 Å². The maximum absolute atomic E-state index is 8.44. The highest BCUT2D eigenvalue weighted by atomic mass is 16.3. The molecule has 2 nitrogen and oxygen atoms in total. The van der Waals surface area contributed by atoms with Gasteiger partial charge in [-0.3, -0.25) is 0 Å². The number of allylic oxidation sites excluding steroid dienone is 3. The summed E-state index contributed by atoms with van der Waals surface area (Å²) in [7, 11) is 0. The summed E-state index contributed by atoms with van der Waals surface area (Å²) in [6.45, 7) is 3.40. The number of nitrogens with zero attached hydrogens (tertiary/aromatic N) is 1. The number of hydrogen-bond acceptors (Lipinski definition) is 2.